The Morgan fingerprint density at radius 1 is 1.21 bits per heavy atom. The van der Waals surface area contributed by atoms with Gasteiger partial charge in [-0.3, -0.25) is 0 Å². The van der Waals surface area contributed by atoms with Gasteiger partial charge in [-0.25, -0.2) is 0 Å². The first-order valence-electron chi connectivity index (χ1n) is 7.23. The fraction of sp³-hybridized carbons (Fsp3) is 0.625. The Morgan fingerprint density at radius 2 is 1.84 bits per heavy atom. The largest absolute Gasteiger partial charge is 0.395 e. The van der Waals surface area contributed by atoms with Gasteiger partial charge in [0, 0.05) is 31.4 Å². The van der Waals surface area contributed by atoms with Crippen molar-refractivity contribution in [1.82, 2.24) is 5.32 Å². The number of nitrogens with one attached hydrogen (secondary N) is 1. The average Bonchev–Trinajstić information content (AvgIpc) is 2.42. The van der Waals surface area contributed by atoms with Crippen LogP contribution in [-0.2, 0) is 6.42 Å². The zero-order valence-electron chi connectivity index (χ0n) is 12.7. The number of hydrogen-bond donors (Lipinski definition) is 2. The summed E-state index contributed by atoms with van der Waals surface area (Å²) in [6.45, 7) is 7.52. The number of nitrogens with zero attached hydrogens (tertiary/aromatic N) is 1. The van der Waals surface area contributed by atoms with Crippen LogP contribution in [0.15, 0.2) is 24.3 Å². The normalized spacial score (nSPS) is 12.7. The maximum Gasteiger partial charge on any atom is 0.0585 e. The molecule has 0 heterocycles. The van der Waals surface area contributed by atoms with Crippen molar-refractivity contribution in [3.63, 3.8) is 0 Å². The summed E-state index contributed by atoms with van der Waals surface area (Å²) in [4.78, 5) is 2.24. The van der Waals surface area contributed by atoms with E-state index in [9.17, 15) is 5.11 Å². The molecule has 0 saturated carbocycles. The number of aliphatic hydroxyl groups is 1. The van der Waals surface area contributed by atoms with Crippen molar-refractivity contribution < 1.29 is 5.11 Å². The van der Waals surface area contributed by atoms with Gasteiger partial charge in [-0.2, -0.15) is 0 Å². The van der Waals surface area contributed by atoms with Crippen LogP contribution in [0.5, 0.6) is 0 Å². The van der Waals surface area contributed by atoms with Gasteiger partial charge in [0.15, 0.2) is 0 Å². The van der Waals surface area contributed by atoms with Gasteiger partial charge in [0.1, 0.15) is 0 Å². The first kappa shape index (κ1) is 16.0. The van der Waals surface area contributed by atoms with Gasteiger partial charge in [-0.15, -0.1) is 0 Å². The fourth-order valence-corrected chi connectivity index (χ4v) is 2.16. The van der Waals surface area contributed by atoms with E-state index in [1.165, 1.54) is 11.3 Å². The molecule has 19 heavy (non-hydrogen) atoms. The third-order valence-corrected chi connectivity index (χ3v) is 3.39. The summed E-state index contributed by atoms with van der Waals surface area (Å²) in [5.41, 5.74) is 2.60. The van der Waals surface area contributed by atoms with Crippen LogP contribution in [0, 0.1) is 0 Å². The SMILES string of the molecule is CCc1ccc(N(C)CCC(CO)NC(C)C)cc1. The zero-order valence-corrected chi connectivity index (χ0v) is 12.7. The quantitative estimate of drug-likeness (QED) is 0.757. The van der Waals surface area contributed by atoms with Gasteiger partial charge in [0.25, 0.3) is 0 Å². The lowest BCUT2D eigenvalue weighted by molar-refractivity contribution is 0.229. The fourth-order valence-electron chi connectivity index (χ4n) is 2.16. The van der Waals surface area contributed by atoms with Gasteiger partial charge < -0.3 is 15.3 Å². The van der Waals surface area contributed by atoms with E-state index >= 15 is 0 Å². The number of hydrogen-bond acceptors (Lipinski definition) is 3. The topological polar surface area (TPSA) is 35.5 Å². The first-order chi connectivity index (χ1) is 9.06. The predicted molar refractivity (Wildman–Crippen MR) is 82.9 cm³/mol. The van der Waals surface area contributed by atoms with Crippen LogP contribution in [0.3, 0.4) is 0 Å². The second-order valence-electron chi connectivity index (χ2n) is 5.43. The molecule has 0 spiro atoms. The first-order valence-corrected chi connectivity index (χ1v) is 7.23. The summed E-state index contributed by atoms with van der Waals surface area (Å²) in [5.74, 6) is 0. The summed E-state index contributed by atoms with van der Waals surface area (Å²) in [6, 6.07) is 9.29. The van der Waals surface area contributed by atoms with E-state index in [1.54, 1.807) is 0 Å². The number of anilines is 1. The summed E-state index contributed by atoms with van der Waals surface area (Å²) < 4.78 is 0. The van der Waals surface area contributed by atoms with E-state index in [-0.39, 0.29) is 12.6 Å². The number of benzene rings is 1. The minimum Gasteiger partial charge on any atom is -0.395 e. The molecule has 1 unspecified atom stereocenters. The molecule has 3 heteroatoms. The summed E-state index contributed by atoms with van der Waals surface area (Å²) in [6.07, 6.45) is 2.02. The standard InChI is InChI=1S/C16H28N2O/c1-5-14-6-8-16(9-7-14)18(4)11-10-15(12-19)17-13(2)3/h6-9,13,15,17,19H,5,10-12H2,1-4H3. The Labute approximate surface area is 117 Å². The van der Waals surface area contributed by atoms with E-state index in [2.05, 4.69) is 62.3 Å². The minimum atomic E-state index is 0.178. The number of aliphatic hydroxyl groups excluding tert-OH is 1. The Hall–Kier alpha value is -1.06. The molecular formula is C16H28N2O. The Morgan fingerprint density at radius 3 is 2.32 bits per heavy atom. The Bertz CT molecular complexity index is 348. The molecule has 2 N–H and O–H groups in total. The van der Waals surface area contributed by atoms with E-state index < -0.39 is 0 Å². The monoisotopic (exact) mass is 264 g/mol. The highest BCUT2D eigenvalue weighted by Gasteiger charge is 2.10. The molecule has 0 aliphatic carbocycles. The van der Waals surface area contributed by atoms with E-state index in [0.29, 0.717) is 6.04 Å². The van der Waals surface area contributed by atoms with Gasteiger partial charge in [-0.1, -0.05) is 32.9 Å². The molecule has 1 aromatic carbocycles. The van der Waals surface area contributed by atoms with Crippen LogP contribution in [0.25, 0.3) is 0 Å². The molecule has 0 amide bonds. The summed E-state index contributed by atoms with van der Waals surface area (Å²) >= 11 is 0. The maximum absolute atomic E-state index is 9.35. The van der Waals surface area contributed by atoms with Crippen molar-refractivity contribution in [2.45, 2.75) is 45.7 Å². The van der Waals surface area contributed by atoms with Crippen LogP contribution in [0.4, 0.5) is 5.69 Å². The molecule has 0 bridgehead atoms. The Balaban J connectivity index is 2.46. The lowest BCUT2D eigenvalue weighted by Crippen LogP contribution is -2.39. The van der Waals surface area contributed by atoms with Crippen molar-refractivity contribution in [2.24, 2.45) is 0 Å². The molecule has 0 fully saturated rings. The van der Waals surface area contributed by atoms with E-state index in [0.717, 1.165) is 19.4 Å². The second-order valence-corrected chi connectivity index (χ2v) is 5.43. The van der Waals surface area contributed by atoms with Crippen LogP contribution in [-0.4, -0.2) is 37.4 Å². The smallest absolute Gasteiger partial charge is 0.0585 e. The zero-order chi connectivity index (χ0) is 14.3. The lowest BCUT2D eigenvalue weighted by atomic mass is 10.1. The van der Waals surface area contributed by atoms with E-state index in [4.69, 9.17) is 0 Å². The number of rotatable bonds is 8. The minimum absolute atomic E-state index is 0.178. The number of aryl methyl sites for hydroxylation is 1. The summed E-state index contributed by atoms with van der Waals surface area (Å²) in [7, 11) is 2.10. The molecule has 0 aliphatic rings. The lowest BCUT2D eigenvalue weighted by Gasteiger charge is -2.24. The third kappa shape index (κ3) is 5.62. The van der Waals surface area contributed by atoms with Crippen molar-refractivity contribution in [3.05, 3.63) is 29.8 Å². The molecular weight excluding hydrogens is 236 g/mol. The van der Waals surface area contributed by atoms with Gasteiger partial charge in [0.05, 0.1) is 6.61 Å². The maximum atomic E-state index is 9.35. The van der Waals surface area contributed by atoms with Crippen LogP contribution in [0.1, 0.15) is 32.8 Å². The van der Waals surface area contributed by atoms with Crippen molar-refractivity contribution >= 4 is 5.69 Å². The van der Waals surface area contributed by atoms with E-state index in [1.807, 2.05) is 0 Å². The van der Waals surface area contributed by atoms with Crippen molar-refractivity contribution in [1.29, 1.82) is 0 Å². The Kier molecular flexibility index (Phi) is 6.89. The highest BCUT2D eigenvalue weighted by Crippen LogP contribution is 2.14. The van der Waals surface area contributed by atoms with Gasteiger partial charge in [-0.05, 0) is 30.5 Å². The molecule has 1 aromatic rings. The highest BCUT2D eigenvalue weighted by molar-refractivity contribution is 5.46. The molecule has 3 nitrogen and oxygen atoms in total. The van der Waals surface area contributed by atoms with Crippen LogP contribution in [0.2, 0.25) is 0 Å². The predicted octanol–water partition coefficient (Wildman–Crippen LogP) is 2.43. The van der Waals surface area contributed by atoms with Crippen molar-refractivity contribution in [3.8, 4) is 0 Å². The van der Waals surface area contributed by atoms with Gasteiger partial charge in [0.2, 0.25) is 0 Å². The second kappa shape index (κ2) is 8.18. The molecule has 0 aliphatic heterocycles. The molecule has 0 saturated heterocycles. The molecule has 0 aromatic heterocycles. The highest BCUT2D eigenvalue weighted by atomic mass is 16.3. The van der Waals surface area contributed by atoms with Crippen LogP contribution >= 0.6 is 0 Å². The summed E-state index contributed by atoms with van der Waals surface area (Å²) in [5, 5.41) is 12.7. The molecule has 108 valence electrons. The van der Waals surface area contributed by atoms with Crippen LogP contribution < -0.4 is 10.2 Å². The average molecular weight is 264 g/mol. The van der Waals surface area contributed by atoms with Gasteiger partial charge >= 0.3 is 0 Å². The van der Waals surface area contributed by atoms with Crippen molar-refractivity contribution in [2.75, 3.05) is 25.1 Å². The molecule has 0 radical (unpaired) electrons. The molecule has 1 rings (SSSR count). The third-order valence-electron chi connectivity index (χ3n) is 3.39. The molecule has 1 atom stereocenters.